The summed E-state index contributed by atoms with van der Waals surface area (Å²) in [5.41, 5.74) is -0.151. The van der Waals surface area contributed by atoms with Crippen molar-refractivity contribution in [2.24, 2.45) is 0 Å². The molecule has 0 aromatic carbocycles. The Morgan fingerprint density at radius 1 is 1.47 bits per heavy atom. The highest BCUT2D eigenvalue weighted by Crippen LogP contribution is 2.22. The van der Waals surface area contributed by atoms with Gasteiger partial charge >= 0.3 is 5.97 Å². The molecule has 0 aromatic heterocycles. The third-order valence-electron chi connectivity index (χ3n) is 2.40. The van der Waals surface area contributed by atoms with Gasteiger partial charge in [0.25, 0.3) is 0 Å². The summed E-state index contributed by atoms with van der Waals surface area (Å²) < 4.78 is 5.01. The van der Waals surface area contributed by atoms with Gasteiger partial charge in [-0.25, -0.2) is 4.79 Å². The first-order valence-electron chi connectivity index (χ1n) is 5.26. The molecular weight excluding hydrogens is 196 g/mol. The van der Waals surface area contributed by atoms with Crippen LogP contribution >= 0.6 is 0 Å². The average molecular weight is 212 g/mol. The Bertz CT molecular complexity index is 284. The van der Waals surface area contributed by atoms with Crippen LogP contribution in [0.15, 0.2) is 11.3 Å². The normalized spacial score (nSPS) is 25.1. The first kappa shape index (κ1) is 11.8. The van der Waals surface area contributed by atoms with E-state index in [4.69, 9.17) is 4.74 Å². The van der Waals surface area contributed by atoms with Crippen LogP contribution in [-0.2, 0) is 14.3 Å². The standard InChI is InChI=1S/C11H16O4/c1-3-5-8(12)10-9(13)6-7(4-2)15-11(10)14/h7,12H,3-6H2,1-2H3/b10-8+. The van der Waals surface area contributed by atoms with Crippen LogP contribution in [0.2, 0.25) is 0 Å². The molecule has 4 heteroatoms. The van der Waals surface area contributed by atoms with E-state index in [1.165, 1.54) is 0 Å². The quantitative estimate of drug-likeness (QED) is 0.336. The third kappa shape index (κ3) is 2.58. The number of carbonyl (C=O) groups is 2. The fourth-order valence-corrected chi connectivity index (χ4v) is 1.54. The van der Waals surface area contributed by atoms with Crippen LogP contribution in [0.1, 0.15) is 39.5 Å². The van der Waals surface area contributed by atoms with Gasteiger partial charge in [0.1, 0.15) is 17.4 Å². The SMILES string of the molecule is CCC/C(O)=C1/C(=O)CC(CC)OC1=O. The molecular formula is C11H16O4. The summed E-state index contributed by atoms with van der Waals surface area (Å²) in [5, 5.41) is 9.53. The van der Waals surface area contributed by atoms with Gasteiger partial charge in [0, 0.05) is 12.8 Å². The molecule has 0 spiro atoms. The molecule has 1 N–H and O–H groups in total. The maximum Gasteiger partial charge on any atom is 0.345 e. The number of aliphatic hydroxyl groups is 1. The molecule has 0 amide bonds. The van der Waals surface area contributed by atoms with Crippen LogP contribution in [0.3, 0.4) is 0 Å². The van der Waals surface area contributed by atoms with Gasteiger partial charge in [0.05, 0.1) is 0 Å². The first-order valence-corrected chi connectivity index (χ1v) is 5.26. The molecule has 1 fully saturated rings. The Hall–Kier alpha value is -1.32. The van der Waals surface area contributed by atoms with Crippen molar-refractivity contribution in [2.75, 3.05) is 0 Å². The second-order valence-corrected chi connectivity index (χ2v) is 3.63. The zero-order valence-corrected chi connectivity index (χ0v) is 9.08. The number of esters is 1. The van der Waals surface area contributed by atoms with Crippen molar-refractivity contribution in [3.8, 4) is 0 Å². The van der Waals surface area contributed by atoms with E-state index in [2.05, 4.69) is 0 Å². The molecule has 1 atom stereocenters. The largest absolute Gasteiger partial charge is 0.511 e. The van der Waals surface area contributed by atoms with Crippen molar-refractivity contribution in [2.45, 2.75) is 45.6 Å². The number of carbonyl (C=O) groups excluding carboxylic acids is 2. The fourth-order valence-electron chi connectivity index (χ4n) is 1.54. The first-order chi connectivity index (χ1) is 7.10. The summed E-state index contributed by atoms with van der Waals surface area (Å²) >= 11 is 0. The number of rotatable bonds is 3. The van der Waals surface area contributed by atoms with E-state index in [-0.39, 0.29) is 29.6 Å². The van der Waals surface area contributed by atoms with Crippen LogP contribution in [0.25, 0.3) is 0 Å². The predicted octanol–water partition coefficient (Wildman–Crippen LogP) is 1.89. The molecule has 0 aromatic rings. The number of cyclic esters (lactones) is 1. The number of hydrogen-bond acceptors (Lipinski definition) is 4. The lowest BCUT2D eigenvalue weighted by Gasteiger charge is -2.22. The molecule has 0 saturated carbocycles. The van der Waals surface area contributed by atoms with Gasteiger partial charge in [0.2, 0.25) is 0 Å². The van der Waals surface area contributed by atoms with E-state index in [1.54, 1.807) is 0 Å². The molecule has 1 unspecified atom stereocenters. The van der Waals surface area contributed by atoms with E-state index in [9.17, 15) is 14.7 Å². The van der Waals surface area contributed by atoms with Gasteiger partial charge < -0.3 is 9.84 Å². The summed E-state index contributed by atoms with van der Waals surface area (Å²) in [5.74, 6) is -1.12. The van der Waals surface area contributed by atoms with Crippen LogP contribution in [-0.4, -0.2) is 23.0 Å². The van der Waals surface area contributed by atoms with Crippen molar-refractivity contribution < 1.29 is 19.4 Å². The van der Waals surface area contributed by atoms with E-state index in [0.717, 1.165) is 0 Å². The lowest BCUT2D eigenvalue weighted by molar-refractivity contribution is -0.151. The highest BCUT2D eigenvalue weighted by molar-refractivity contribution is 6.19. The zero-order chi connectivity index (χ0) is 11.4. The van der Waals surface area contributed by atoms with E-state index in [1.807, 2.05) is 13.8 Å². The van der Waals surface area contributed by atoms with Crippen LogP contribution in [0, 0.1) is 0 Å². The minimum Gasteiger partial charge on any atom is -0.511 e. The number of allylic oxidation sites excluding steroid dienone is 1. The molecule has 84 valence electrons. The van der Waals surface area contributed by atoms with Crippen molar-refractivity contribution in [3.63, 3.8) is 0 Å². The highest BCUT2D eigenvalue weighted by Gasteiger charge is 2.33. The maximum atomic E-state index is 11.6. The monoisotopic (exact) mass is 212 g/mol. The molecule has 0 aliphatic carbocycles. The van der Waals surface area contributed by atoms with Crippen LogP contribution in [0.5, 0.6) is 0 Å². The molecule has 1 aliphatic rings. The molecule has 0 bridgehead atoms. The number of hydrogen-bond donors (Lipinski definition) is 1. The fraction of sp³-hybridized carbons (Fsp3) is 0.636. The molecule has 4 nitrogen and oxygen atoms in total. The third-order valence-corrected chi connectivity index (χ3v) is 2.40. The molecule has 15 heavy (non-hydrogen) atoms. The minimum absolute atomic E-state index is 0.137. The van der Waals surface area contributed by atoms with Crippen molar-refractivity contribution >= 4 is 11.8 Å². The molecule has 1 saturated heterocycles. The van der Waals surface area contributed by atoms with Crippen molar-refractivity contribution in [1.29, 1.82) is 0 Å². The maximum absolute atomic E-state index is 11.6. The summed E-state index contributed by atoms with van der Waals surface area (Å²) in [7, 11) is 0. The van der Waals surface area contributed by atoms with Crippen LogP contribution in [0.4, 0.5) is 0 Å². The van der Waals surface area contributed by atoms with Crippen molar-refractivity contribution in [3.05, 3.63) is 11.3 Å². The van der Waals surface area contributed by atoms with Gasteiger partial charge in [0.15, 0.2) is 5.78 Å². The zero-order valence-electron chi connectivity index (χ0n) is 9.08. The number of ether oxygens (including phenoxy) is 1. The molecule has 1 aliphatic heterocycles. The Balaban J connectivity index is 2.88. The van der Waals surface area contributed by atoms with E-state index >= 15 is 0 Å². The topological polar surface area (TPSA) is 63.6 Å². The van der Waals surface area contributed by atoms with Gasteiger partial charge in [-0.3, -0.25) is 4.79 Å². The van der Waals surface area contributed by atoms with E-state index < -0.39 is 5.97 Å². The number of aliphatic hydroxyl groups excluding tert-OH is 1. The molecule has 0 radical (unpaired) electrons. The summed E-state index contributed by atoms with van der Waals surface area (Å²) in [4.78, 5) is 23.0. The van der Waals surface area contributed by atoms with Gasteiger partial charge in [-0.15, -0.1) is 0 Å². The lowest BCUT2D eigenvalue weighted by Crippen LogP contribution is -2.32. The second-order valence-electron chi connectivity index (χ2n) is 3.63. The van der Waals surface area contributed by atoms with E-state index in [0.29, 0.717) is 19.3 Å². The summed E-state index contributed by atoms with van der Waals surface area (Å²) in [6.07, 6.45) is 1.51. The van der Waals surface area contributed by atoms with Gasteiger partial charge in [-0.05, 0) is 12.8 Å². The Morgan fingerprint density at radius 3 is 2.60 bits per heavy atom. The summed E-state index contributed by atoms with van der Waals surface area (Å²) in [6, 6.07) is 0. The molecule has 1 heterocycles. The van der Waals surface area contributed by atoms with Gasteiger partial charge in [-0.2, -0.15) is 0 Å². The minimum atomic E-state index is -0.677. The number of ketones is 1. The smallest absolute Gasteiger partial charge is 0.345 e. The Kier molecular flexibility index (Phi) is 3.88. The van der Waals surface area contributed by atoms with Crippen LogP contribution < -0.4 is 0 Å². The average Bonchev–Trinajstić information content (AvgIpc) is 2.16. The number of Topliss-reactive ketones (excluding diaryl/α,β-unsaturated/α-hetero) is 1. The Morgan fingerprint density at radius 2 is 2.13 bits per heavy atom. The highest BCUT2D eigenvalue weighted by atomic mass is 16.5. The summed E-state index contributed by atoms with van der Waals surface area (Å²) in [6.45, 7) is 3.72. The van der Waals surface area contributed by atoms with Crippen molar-refractivity contribution in [1.82, 2.24) is 0 Å². The Labute approximate surface area is 88.9 Å². The second kappa shape index (κ2) is 4.96. The molecule has 1 rings (SSSR count). The lowest BCUT2D eigenvalue weighted by atomic mass is 9.98. The van der Waals surface area contributed by atoms with Gasteiger partial charge in [-0.1, -0.05) is 13.8 Å². The predicted molar refractivity (Wildman–Crippen MR) is 54.4 cm³/mol.